The Morgan fingerprint density at radius 2 is 2.25 bits per heavy atom. The standard InChI is InChI=1S/C11H14N4O/c1-7(2)15-6-8-4-3-5-9(10(8)13-15)11(12)14-16/h3-7,16H,1-2H3,(H2,12,14). The van der Waals surface area contributed by atoms with Gasteiger partial charge >= 0.3 is 0 Å². The fourth-order valence-corrected chi connectivity index (χ4v) is 1.59. The minimum atomic E-state index is 0.0830. The number of benzene rings is 1. The third kappa shape index (κ3) is 1.60. The first-order chi connectivity index (χ1) is 7.63. The summed E-state index contributed by atoms with van der Waals surface area (Å²) in [6, 6.07) is 5.89. The third-order valence-corrected chi connectivity index (χ3v) is 2.47. The Labute approximate surface area is 93.2 Å². The second kappa shape index (κ2) is 3.84. The molecule has 84 valence electrons. The van der Waals surface area contributed by atoms with Gasteiger partial charge in [0.2, 0.25) is 0 Å². The molecular formula is C11H14N4O. The van der Waals surface area contributed by atoms with Gasteiger partial charge in [-0.2, -0.15) is 5.10 Å². The third-order valence-electron chi connectivity index (χ3n) is 2.47. The summed E-state index contributed by atoms with van der Waals surface area (Å²) in [6.07, 6.45) is 1.95. The average molecular weight is 218 g/mol. The Morgan fingerprint density at radius 1 is 1.50 bits per heavy atom. The molecule has 0 unspecified atom stereocenters. The summed E-state index contributed by atoms with van der Waals surface area (Å²) in [7, 11) is 0. The van der Waals surface area contributed by atoms with Crippen molar-refractivity contribution in [1.29, 1.82) is 0 Å². The number of fused-ring (bicyclic) bond motifs is 1. The van der Waals surface area contributed by atoms with Crippen LogP contribution in [0.25, 0.3) is 10.9 Å². The van der Waals surface area contributed by atoms with Gasteiger partial charge in [-0.15, -0.1) is 0 Å². The van der Waals surface area contributed by atoms with E-state index in [1.807, 2.05) is 23.0 Å². The largest absolute Gasteiger partial charge is 0.409 e. The Morgan fingerprint density at radius 3 is 2.88 bits per heavy atom. The molecule has 0 spiro atoms. The van der Waals surface area contributed by atoms with E-state index in [1.54, 1.807) is 6.07 Å². The van der Waals surface area contributed by atoms with Crippen LogP contribution in [-0.4, -0.2) is 20.8 Å². The molecular weight excluding hydrogens is 204 g/mol. The van der Waals surface area contributed by atoms with Crippen LogP contribution < -0.4 is 5.73 Å². The topological polar surface area (TPSA) is 76.4 Å². The highest BCUT2D eigenvalue weighted by Crippen LogP contribution is 2.18. The molecule has 0 aliphatic carbocycles. The van der Waals surface area contributed by atoms with Gasteiger partial charge in [-0.05, 0) is 19.9 Å². The van der Waals surface area contributed by atoms with Crippen LogP contribution in [0.15, 0.2) is 29.6 Å². The van der Waals surface area contributed by atoms with Crippen molar-refractivity contribution in [3.05, 3.63) is 30.0 Å². The van der Waals surface area contributed by atoms with Crippen molar-refractivity contribution in [1.82, 2.24) is 9.78 Å². The van der Waals surface area contributed by atoms with Gasteiger partial charge in [0.25, 0.3) is 0 Å². The number of hydrogen-bond acceptors (Lipinski definition) is 3. The molecule has 1 aromatic heterocycles. The zero-order chi connectivity index (χ0) is 11.7. The van der Waals surface area contributed by atoms with Gasteiger partial charge in [0.1, 0.15) is 5.52 Å². The molecule has 0 fully saturated rings. The molecule has 16 heavy (non-hydrogen) atoms. The number of nitrogens with two attached hydrogens (primary N) is 1. The smallest absolute Gasteiger partial charge is 0.172 e. The lowest BCUT2D eigenvalue weighted by molar-refractivity contribution is 0.318. The quantitative estimate of drug-likeness (QED) is 0.348. The van der Waals surface area contributed by atoms with Crippen molar-refractivity contribution in [2.24, 2.45) is 10.9 Å². The molecule has 5 heteroatoms. The number of rotatable bonds is 2. The van der Waals surface area contributed by atoms with Crippen LogP contribution in [0.4, 0.5) is 0 Å². The molecule has 5 nitrogen and oxygen atoms in total. The first kappa shape index (κ1) is 10.5. The predicted molar refractivity (Wildman–Crippen MR) is 62.6 cm³/mol. The van der Waals surface area contributed by atoms with Crippen LogP contribution in [0.5, 0.6) is 0 Å². The molecule has 3 N–H and O–H groups in total. The molecule has 0 radical (unpaired) electrons. The lowest BCUT2D eigenvalue weighted by Crippen LogP contribution is -2.13. The summed E-state index contributed by atoms with van der Waals surface area (Å²) in [5, 5.41) is 17.1. The van der Waals surface area contributed by atoms with E-state index in [0.717, 1.165) is 10.9 Å². The Kier molecular flexibility index (Phi) is 2.52. The maximum atomic E-state index is 8.69. The summed E-state index contributed by atoms with van der Waals surface area (Å²) >= 11 is 0. The van der Waals surface area contributed by atoms with Crippen LogP contribution in [0.3, 0.4) is 0 Å². The van der Waals surface area contributed by atoms with Crippen LogP contribution in [0.1, 0.15) is 25.5 Å². The summed E-state index contributed by atoms with van der Waals surface area (Å²) in [5.41, 5.74) is 7.00. The zero-order valence-electron chi connectivity index (χ0n) is 9.25. The van der Waals surface area contributed by atoms with Crippen LogP contribution in [0.2, 0.25) is 0 Å². The Hall–Kier alpha value is -2.04. The van der Waals surface area contributed by atoms with E-state index in [-0.39, 0.29) is 11.9 Å². The number of hydrogen-bond donors (Lipinski definition) is 2. The van der Waals surface area contributed by atoms with Crippen molar-refractivity contribution in [3.8, 4) is 0 Å². The van der Waals surface area contributed by atoms with Gasteiger partial charge in [-0.25, -0.2) is 0 Å². The second-order valence-electron chi connectivity index (χ2n) is 3.93. The molecule has 1 aromatic carbocycles. The summed E-state index contributed by atoms with van der Waals surface area (Å²) in [6.45, 7) is 4.10. The first-order valence-electron chi connectivity index (χ1n) is 5.09. The molecule has 2 rings (SSSR count). The highest BCUT2D eigenvalue weighted by molar-refractivity contribution is 6.07. The zero-order valence-corrected chi connectivity index (χ0v) is 9.25. The van der Waals surface area contributed by atoms with Crippen molar-refractivity contribution in [2.45, 2.75) is 19.9 Å². The van der Waals surface area contributed by atoms with E-state index in [1.165, 1.54) is 0 Å². The predicted octanol–water partition coefficient (Wildman–Crippen LogP) is 1.71. The van der Waals surface area contributed by atoms with Crippen molar-refractivity contribution in [2.75, 3.05) is 0 Å². The van der Waals surface area contributed by atoms with Gasteiger partial charge in [-0.3, -0.25) is 4.68 Å². The van der Waals surface area contributed by atoms with Crippen LogP contribution in [-0.2, 0) is 0 Å². The average Bonchev–Trinajstić information content (AvgIpc) is 2.71. The normalized spacial score (nSPS) is 12.6. The molecule has 0 saturated heterocycles. The van der Waals surface area contributed by atoms with Gasteiger partial charge in [0.05, 0.1) is 0 Å². The summed E-state index contributed by atoms with van der Waals surface area (Å²) in [4.78, 5) is 0. The van der Waals surface area contributed by atoms with E-state index in [0.29, 0.717) is 5.56 Å². The lowest BCUT2D eigenvalue weighted by Gasteiger charge is -2.03. The molecule has 0 aliphatic rings. The molecule has 0 saturated carbocycles. The van der Waals surface area contributed by atoms with Gasteiger partial charge in [0, 0.05) is 23.2 Å². The van der Waals surface area contributed by atoms with E-state index in [9.17, 15) is 0 Å². The summed E-state index contributed by atoms with van der Waals surface area (Å²) in [5.74, 6) is 0.0830. The Balaban J connectivity index is 2.68. The van der Waals surface area contributed by atoms with Crippen LogP contribution >= 0.6 is 0 Å². The fraction of sp³-hybridized carbons (Fsp3) is 0.273. The van der Waals surface area contributed by atoms with Gasteiger partial charge < -0.3 is 10.9 Å². The molecule has 1 heterocycles. The van der Waals surface area contributed by atoms with E-state index in [4.69, 9.17) is 10.9 Å². The lowest BCUT2D eigenvalue weighted by atomic mass is 10.1. The maximum absolute atomic E-state index is 8.69. The Bertz CT molecular complexity index is 542. The van der Waals surface area contributed by atoms with Gasteiger partial charge in [0.15, 0.2) is 5.84 Å². The minimum absolute atomic E-state index is 0.0830. The molecule has 2 aromatic rings. The van der Waals surface area contributed by atoms with Crippen molar-refractivity contribution < 1.29 is 5.21 Å². The summed E-state index contributed by atoms with van der Waals surface area (Å²) < 4.78 is 1.86. The SMILES string of the molecule is CC(C)n1cc2cccc(C(N)=NO)c2n1. The molecule has 0 atom stereocenters. The number of aromatic nitrogens is 2. The highest BCUT2D eigenvalue weighted by atomic mass is 16.4. The number of oxime groups is 1. The van der Waals surface area contributed by atoms with Crippen molar-refractivity contribution in [3.63, 3.8) is 0 Å². The minimum Gasteiger partial charge on any atom is -0.409 e. The first-order valence-corrected chi connectivity index (χ1v) is 5.09. The monoisotopic (exact) mass is 218 g/mol. The van der Waals surface area contributed by atoms with Crippen molar-refractivity contribution >= 4 is 16.7 Å². The molecule has 0 aliphatic heterocycles. The van der Waals surface area contributed by atoms with Crippen LogP contribution in [0, 0.1) is 0 Å². The van der Waals surface area contributed by atoms with E-state index < -0.39 is 0 Å². The number of amidine groups is 1. The fourth-order valence-electron chi connectivity index (χ4n) is 1.59. The maximum Gasteiger partial charge on any atom is 0.172 e. The van der Waals surface area contributed by atoms with E-state index >= 15 is 0 Å². The second-order valence-corrected chi connectivity index (χ2v) is 3.93. The van der Waals surface area contributed by atoms with E-state index in [2.05, 4.69) is 24.1 Å². The highest BCUT2D eigenvalue weighted by Gasteiger charge is 2.10. The molecule has 0 bridgehead atoms. The van der Waals surface area contributed by atoms with Gasteiger partial charge in [-0.1, -0.05) is 17.3 Å². The molecule has 0 amide bonds. The number of nitrogens with zero attached hydrogens (tertiary/aromatic N) is 3.